The summed E-state index contributed by atoms with van der Waals surface area (Å²) < 4.78 is 26.4. The molecule has 0 bridgehead atoms. The maximum absolute atomic E-state index is 12.1. The average Bonchev–Trinajstić information content (AvgIpc) is 2.73. The Labute approximate surface area is 108 Å². The number of nitrogens with zero attached hydrogens (tertiary/aromatic N) is 2. The lowest BCUT2D eigenvalue weighted by Crippen LogP contribution is -2.21. The molecule has 2 aliphatic rings. The number of imidazole rings is 1. The topological polar surface area (TPSA) is 52.0 Å². The van der Waals surface area contributed by atoms with Crippen LogP contribution in [0.3, 0.4) is 0 Å². The standard InChI is InChI=1S/C13H20N2O2S/c1-10-5-4-7-13-14-11(9-15(10)13)12-6-2-3-8-18(12,16)17/h9-10,12H,2-8H2,1H3. The first kappa shape index (κ1) is 12.2. The van der Waals surface area contributed by atoms with Gasteiger partial charge in [-0.05, 0) is 32.6 Å². The highest BCUT2D eigenvalue weighted by Crippen LogP contribution is 2.34. The van der Waals surface area contributed by atoms with Crippen LogP contribution in [0.25, 0.3) is 0 Å². The molecule has 2 atom stereocenters. The molecule has 0 N–H and O–H groups in total. The van der Waals surface area contributed by atoms with Crippen LogP contribution in [0.2, 0.25) is 0 Å². The molecule has 2 unspecified atom stereocenters. The van der Waals surface area contributed by atoms with Gasteiger partial charge in [0.05, 0.1) is 11.4 Å². The molecule has 1 saturated heterocycles. The molecule has 0 aromatic carbocycles. The maximum Gasteiger partial charge on any atom is 0.158 e. The number of fused-ring (bicyclic) bond motifs is 1. The van der Waals surface area contributed by atoms with Crippen molar-refractivity contribution in [2.75, 3.05) is 5.75 Å². The van der Waals surface area contributed by atoms with Gasteiger partial charge >= 0.3 is 0 Å². The fourth-order valence-corrected chi connectivity index (χ4v) is 5.05. The third kappa shape index (κ3) is 1.98. The summed E-state index contributed by atoms with van der Waals surface area (Å²) in [6.45, 7) is 2.18. The van der Waals surface area contributed by atoms with Crippen LogP contribution in [-0.4, -0.2) is 23.7 Å². The van der Waals surface area contributed by atoms with Gasteiger partial charge in [-0.15, -0.1) is 0 Å². The van der Waals surface area contributed by atoms with Gasteiger partial charge in [0.1, 0.15) is 11.1 Å². The van der Waals surface area contributed by atoms with Crippen molar-refractivity contribution in [3.05, 3.63) is 17.7 Å². The minimum Gasteiger partial charge on any atom is -0.332 e. The average molecular weight is 268 g/mol. The fourth-order valence-electron chi connectivity index (χ4n) is 3.16. The van der Waals surface area contributed by atoms with E-state index in [1.807, 2.05) is 6.20 Å². The molecule has 0 saturated carbocycles. The largest absolute Gasteiger partial charge is 0.332 e. The van der Waals surface area contributed by atoms with Crippen LogP contribution in [-0.2, 0) is 16.3 Å². The fraction of sp³-hybridized carbons (Fsp3) is 0.769. The number of rotatable bonds is 1. The molecule has 5 heteroatoms. The lowest BCUT2D eigenvalue weighted by Gasteiger charge is -2.21. The highest BCUT2D eigenvalue weighted by Gasteiger charge is 2.33. The van der Waals surface area contributed by atoms with Crippen molar-refractivity contribution in [1.82, 2.24) is 9.55 Å². The lowest BCUT2D eigenvalue weighted by molar-refractivity contribution is 0.425. The van der Waals surface area contributed by atoms with E-state index in [-0.39, 0.29) is 5.25 Å². The number of aryl methyl sites for hydroxylation is 1. The van der Waals surface area contributed by atoms with Gasteiger partial charge in [-0.3, -0.25) is 0 Å². The van der Waals surface area contributed by atoms with Crippen molar-refractivity contribution in [1.29, 1.82) is 0 Å². The van der Waals surface area contributed by atoms with Crippen molar-refractivity contribution in [2.24, 2.45) is 0 Å². The van der Waals surface area contributed by atoms with E-state index in [9.17, 15) is 8.42 Å². The third-order valence-electron chi connectivity index (χ3n) is 4.23. The van der Waals surface area contributed by atoms with Crippen LogP contribution in [0, 0.1) is 0 Å². The third-order valence-corrected chi connectivity index (χ3v) is 6.44. The van der Waals surface area contributed by atoms with E-state index in [0.717, 1.165) is 43.6 Å². The summed E-state index contributed by atoms with van der Waals surface area (Å²) in [5.41, 5.74) is 0.790. The molecule has 1 aromatic rings. The second kappa shape index (κ2) is 4.37. The van der Waals surface area contributed by atoms with E-state index in [2.05, 4.69) is 16.5 Å². The first-order chi connectivity index (χ1) is 8.58. The first-order valence-corrected chi connectivity index (χ1v) is 8.59. The number of sulfone groups is 1. The maximum atomic E-state index is 12.1. The summed E-state index contributed by atoms with van der Waals surface area (Å²) in [6.07, 6.45) is 7.86. The highest BCUT2D eigenvalue weighted by molar-refractivity contribution is 7.91. The molecule has 0 spiro atoms. The van der Waals surface area contributed by atoms with Gasteiger partial charge in [-0.25, -0.2) is 13.4 Å². The van der Waals surface area contributed by atoms with Gasteiger partial charge in [0, 0.05) is 18.7 Å². The normalized spacial score (nSPS) is 30.9. The van der Waals surface area contributed by atoms with Crippen molar-refractivity contribution in [3.8, 4) is 0 Å². The van der Waals surface area contributed by atoms with Gasteiger partial charge in [-0.2, -0.15) is 0 Å². The minimum atomic E-state index is -2.97. The molecule has 0 aliphatic carbocycles. The van der Waals surface area contributed by atoms with Crippen LogP contribution in [0.5, 0.6) is 0 Å². The molecule has 4 nitrogen and oxygen atoms in total. The number of hydrogen-bond acceptors (Lipinski definition) is 3. The summed E-state index contributed by atoms with van der Waals surface area (Å²) in [4.78, 5) is 4.60. The Kier molecular flexibility index (Phi) is 2.96. The van der Waals surface area contributed by atoms with Crippen LogP contribution < -0.4 is 0 Å². The van der Waals surface area contributed by atoms with Crippen LogP contribution in [0.1, 0.15) is 61.8 Å². The van der Waals surface area contributed by atoms with Crippen LogP contribution in [0.4, 0.5) is 0 Å². The van der Waals surface area contributed by atoms with Crippen LogP contribution in [0.15, 0.2) is 6.20 Å². The van der Waals surface area contributed by atoms with Crippen molar-refractivity contribution in [3.63, 3.8) is 0 Å². The van der Waals surface area contributed by atoms with Gasteiger partial charge in [-0.1, -0.05) is 6.42 Å². The van der Waals surface area contributed by atoms with Crippen molar-refractivity contribution < 1.29 is 8.42 Å². The van der Waals surface area contributed by atoms with Gasteiger partial charge in [0.2, 0.25) is 0 Å². The molecular weight excluding hydrogens is 248 g/mol. The molecule has 0 amide bonds. The predicted molar refractivity (Wildman–Crippen MR) is 70.3 cm³/mol. The first-order valence-electron chi connectivity index (χ1n) is 6.87. The number of aromatic nitrogens is 2. The molecule has 3 rings (SSSR count). The Bertz CT molecular complexity index is 547. The second-order valence-corrected chi connectivity index (χ2v) is 7.88. The molecule has 18 heavy (non-hydrogen) atoms. The zero-order valence-electron chi connectivity index (χ0n) is 10.8. The SMILES string of the molecule is CC1CCCc2nc(C3CCCCS3(=O)=O)cn21. The molecule has 3 heterocycles. The molecule has 1 fully saturated rings. The Morgan fingerprint density at radius 2 is 2.11 bits per heavy atom. The molecule has 100 valence electrons. The molecule has 2 aliphatic heterocycles. The van der Waals surface area contributed by atoms with Gasteiger partial charge < -0.3 is 4.57 Å². The van der Waals surface area contributed by atoms with Gasteiger partial charge in [0.25, 0.3) is 0 Å². The lowest BCUT2D eigenvalue weighted by atomic mass is 10.1. The quantitative estimate of drug-likeness (QED) is 0.786. The summed E-state index contributed by atoms with van der Waals surface area (Å²) >= 11 is 0. The van der Waals surface area contributed by atoms with Crippen molar-refractivity contribution >= 4 is 9.84 Å². The number of hydrogen-bond donors (Lipinski definition) is 0. The van der Waals surface area contributed by atoms with Gasteiger partial charge in [0.15, 0.2) is 9.84 Å². The molecular formula is C13H20N2O2S. The van der Waals surface area contributed by atoms with E-state index in [4.69, 9.17) is 0 Å². The smallest absolute Gasteiger partial charge is 0.158 e. The molecule has 1 aromatic heterocycles. The minimum absolute atomic E-state index is 0.329. The molecule has 0 radical (unpaired) electrons. The Balaban J connectivity index is 1.97. The van der Waals surface area contributed by atoms with E-state index in [1.165, 1.54) is 6.42 Å². The Morgan fingerprint density at radius 1 is 1.28 bits per heavy atom. The zero-order chi connectivity index (χ0) is 12.8. The summed E-state index contributed by atoms with van der Waals surface area (Å²) in [7, 11) is -2.97. The van der Waals surface area contributed by atoms with E-state index in [0.29, 0.717) is 11.8 Å². The second-order valence-electron chi connectivity index (χ2n) is 5.58. The summed E-state index contributed by atoms with van der Waals surface area (Å²) in [5, 5.41) is -0.350. The monoisotopic (exact) mass is 268 g/mol. The zero-order valence-corrected chi connectivity index (χ0v) is 11.6. The van der Waals surface area contributed by atoms with E-state index >= 15 is 0 Å². The summed E-state index contributed by atoms with van der Waals surface area (Å²) in [5.74, 6) is 1.40. The predicted octanol–water partition coefficient (Wildman–Crippen LogP) is 2.42. The Hall–Kier alpha value is -0.840. The Morgan fingerprint density at radius 3 is 2.83 bits per heavy atom. The van der Waals surface area contributed by atoms with Crippen molar-refractivity contribution in [2.45, 2.75) is 56.7 Å². The van der Waals surface area contributed by atoms with E-state index < -0.39 is 9.84 Å². The van der Waals surface area contributed by atoms with E-state index in [1.54, 1.807) is 0 Å². The summed E-state index contributed by atoms with van der Waals surface area (Å²) in [6, 6.07) is 0.460. The highest BCUT2D eigenvalue weighted by atomic mass is 32.2. The van der Waals surface area contributed by atoms with Crippen LogP contribution >= 0.6 is 0 Å².